The van der Waals surface area contributed by atoms with E-state index in [4.69, 9.17) is 0 Å². The van der Waals surface area contributed by atoms with Crippen molar-refractivity contribution in [1.29, 1.82) is 0 Å². The van der Waals surface area contributed by atoms with Crippen molar-refractivity contribution in [3.63, 3.8) is 0 Å². The van der Waals surface area contributed by atoms with Gasteiger partial charge in [-0.2, -0.15) is 0 Å². The summed E-state index contributed by atoms with van der Waals surface area (Å²) in [5.41, 5.74) is 0. The summed E-state index contributed by atoms with van der Waals surface area (Å²) in [5.74, 6) is -0.140. The van der Waals surface area contributed by atoms with Crippen LogP contribution in [0.5, 0.6) is 5.75 Å². The summed E-state index contributed by atoms with van der Waals surface area (Å²) in [6, 6.07) is 6.32. The second-order valence-corrected chi connectivity index (χ2v) is 5.74. The molecular formula is C9H4F3IOS. The summed E-state index contributed by atoms with van der Waals surface area (Å²) in [4.78, 5) is 0. The Kier molecular flexibility index (Phi) is 2.80. The predicted molar refractivity (Wildman–Crippen MR) is 61.2 cm³/mol. The molecular weight excluding hydrogens is 340 g/mol. The van der Waals surface area contributed by atoms with Crippen LogP contribution in [0.25, 0.3) is 10.1 Å². The van der Waals surface area contributed by atoms with Crippen molar-refractivity contribution in [2.45, 2.75) is 6.36 Å². The van der Waals surface area contributed by atoms with Crippen LogP contribution in [0, 0.1) is 2.88 Å². The van der Waals surface area contributed by atoms with Crippen LogP contribution in [-0.4, -0.2) is 6.36 Å². The average molecular weight is 344 g/mol. The van der Waals surface area contributed by atoms with Crippen molar-refractivity contribution in [2.24, 2.45) is 0 Å². The SMILES string of the molecule is FC(F)(F)Oc1cccc2sc(I)cc12. The number of hydrogen-bond acceptors (Lipinski definition) is 2. The summed E-state index contributed by atoms with van der Waals surface area (Å²) >= 11 is 3.50. The minimum Gasteiger partial charge on any atom is -0.405 e. The monoisotopic (exact) mass is 344 g/mol. The zero-order valence-corrected chi connectivity index (χ0v) is 10.1. The van der Waals surface area contributed by atoms with Crippen LogP contribution in [-0.2, 0) is 0 Å². The molecule has 80 valence electrons. The summed E-state index contributed by atoms with van der Waals surface area (Å²) in [6.45, 7) is 0. The number of benzene rings is 1. The highest BCUT2D eigenvalue weighted by Crippen LogP contribution is 2.35. The molecule has 0 saturated heterocycles. The van der Waals surface area contributed by atoms with E-state index in [9.17, 15) is 13.2 Å². The molecule has 0 amide bonds. The molecule has 0 radical (unpaired) electrons. The second-order valence-electron chi connectivity index (χ2n) is 2.77. The number of rotatable bonds is 1. The van der Waals surface area contributed by atoms with Crippen molar-refractivity contribution in [1.82, 2.24) is 0 Å². The molecule has 0 saturated carbocycles. The van der Waals surface area contributed by atoms with E-state index in [0.717, 1.165) is 7.58 Å². The molecule has 1 nitrogen and oxygen atoms in total. The van der Waals surface area contributed by atoms with Crippen LogP contribution in [0.15, 0.2) is 24.3 Å². The van der Waals surface area contributed by atoms with E-state index in [1.54, 1.807) is 18.2 Å². The first-order chi connectivity index (χ1) is 6.96. The van der Waals surface area contributed by atoms with Gasteiger partial charge in [0.2, 0.25) is 0 Å². The summed E-state index contributed by atoms with van der Waals surface area (Å²) in [7, 11) is 0. The highest BCUT2D eigenvalue weighted by atomic mass is 127. The first kappa shape index (κ1) is 11.0. The zero-order chi connectivity index (χ0) is 11.1. The molecule has 6 heteroatoms. The molecule has 0 atom stereocenters. The van der Waals surface area contributed by atoms with Gasteiger partial charge in [-0.1, -0.05) is 6.07 Å². The van der Waals surface area contributed by atoms with Gasteiger partial charge < -0.3 is 4.74 Å². The van der Waals surface area contributed by atoms with Crippen molar-refractivity contribution >= 4 is 44.0 Å². The van der Waals surface area contributed by atoms with Gasteiger partial charge >= 0.3 is 6.36 Å². The maximum Gasteiger partial charge on any atom is 0.573 e. The molecule has 1 aromatic heterocycles. The molecule has 0 fully saturated rings. The lowest BCUT2D eigenvalue weighted by Gasteiger charge is -2.09. The summed E-state index contributed by atoms with van der Waals surface area (Å²) in [6.07, 6.45) is -4.64. The maximum absolute atomic E-state index is 12.1. The Morgan fingerprint density at radius 3 is 2.67 bits per heavy atom. The molecule has 0 spiro atoms. The number of alkyl halides is 3. The molecule has 0 unspecified atom stereocenters. The minimum atomic E-state index is -4.64. The van der Waals surface area contributed by atoms with E-state index in [2.05, 4.69) is 27.3 Å². The number of fused-ring (bicyclic) bond motifs is 1. The smallest absolute Gasteiger partial charge is 0.405 e. The average Bonchev–Trinajstić information content (AvgIpc) is 2.43. The van der Waals surface area contributed by atoms with Crippen LogP contribution in [0.3, 0.4) is 0 Å². The topological polar surface area (TPSA) is 9.23 Å². The van der Waals surface area contributed by atoms with Crippen LogP contribution in [0.4, 0.5) is 13.2 Å². The molecule has 0 aliphatic heterocycles. The third kappa shape index (κ3) is 2.54. The molecule has 2 rings (SSSR count). The Bertz CT molecular complexity index is 492. The van der Waals surface area contributed by atoms with E-state index < -0.39 is 6.36 Å². The van der Waals surface area contributed by atoms with Crippen LogP contribution in [0.2, 0.25) is 0 Å². The van der Waals surface area contributed by atoms with Gasteiger partial charge in [0, 0.05) is 10.1 Å². The van der Waals surface area contributed by atoms with Crippen molar-refractivity contribution < 1.29 is 17.9 Å². The van der Waals surface area contributed by atoms with Crippen LogP contribution in [0.1, 0.15) is 0 Å². The number of hydrogen-bond donors (Lipinski definition) is 0. The van der Waals surface area contributed by atoms with E-state index in [0.29, 0.717) is 5.39 Å². The molecule has 0 aliphatic carbocycles. The van der Waals surface area contributed by atoms with Gasteiger partial charge in [0.25, 0.3) is 0 Å². The van der Waals surface area contributed by atoms with Crippen molar-refractivity contribution in [2.75, 3.05) is 0 Å². The Labute approximate surface area is 101 Å². The molecule has 1 heterocycles. The third-order valence-electron chi connectivity index (χ3n) is 1.72. The molecule has 0 N–H and O–H groups in total. The number of thiophene rings is 1. The highest BCUT2D eigenvalue weighted by molar-refractivity contribution is 14.1. The summed E-state index contributed by atoms with van der Waals surface area (Å²) < 4.78 is 41.8. The van der Waals surface area contributed by atoms with Gasteiger partial charge in [-0.3, -0.25) is 0 Å². The van der Waals surface area contributed by atoms with Crippen molar-refractivity contribution in [3.8, 4) is 5.75 Å². The van der Waals surface area contributed by atoms with Crippen LogP contribution < -0.4 is 4.74 Å². The lowest BCUT2D eigenvalue weighted by Crippen LogP contribution is -2.17. The second kappa shape index (κ2) is 3.82. The van der Waals surface area contributed by atoms with Gasteiger partial charge in [-0.15, -0.1) is 24.5 Å². The fourth-order valence-corrected chi connectivity index (χ4v) is 3.04. The maximum atomic E-state index is 12.1. The molecule has 0 bridgehead atoms. The fourth-order valence-electron chi connectivity index (χ4n) is 1.22. The van der Waals surface area contributed by atoms with Gasteiger partial charge in [-0.25, -0.2) is 0 Å². The van der Waals surface area contributed by atoms with E-state index in [1.165, 1.54) is 17.4 Å². The predicted octanol–water partition coefficient (Wildman–Crippen LogP) is 4.40. The number of halogens is 4. The standard InChI is InChI=1S/C9H4F3IOS/c10-9(11,12)14-6-2-1-3-7-5(6)4-8(13)15-7/h1-4H. The first-order valence-electron chi connectivity index (χ1n) is 3.89. The lowest BCUT2D eigenvalue weighted by molar-refractivity contribution is -0.274. The Hall–Kier alpha value is -0.500. The molecule has 1 aromatic carbocycles. The van der Waals surface area contributed by atoms with Gasteiger partial charge in [0.05, 0.1) is 2.88 Å². The largest absolute Gasteiger partial charge is 0.573 e. The highest BCUT2D eigenvalue weighted by Gasteiger charge is 2.31. The molecule has 15 heavy (non-hydrogen) atoms. The Morgan fingerprint density at radius 2 is 2.00 bits per heavy atom. The van der Waals surface area contributed by atoms with Crippen LogP contribution >= 0.6 is 33.9 Å². The molecule has 0 aliphatic rings. The Morgan fingerprint density at radius 1 is 1.27 bits per heavy atom. The lowest BCUT2D eigenvalue weighted by atomic mass is 10.2. The normalized spacial score (nSPS) is 12.0. The number of ether oxygens (including phenoxy) is 1. The zero-order valence-electron chi connectivity index (χ0n) is 7.14. The molecule has 2 aromatic rings. The fraction of sp³-hybridized carbons (Fsp3) is 0.111. The van der Waals surface area contributed by atoms with E-state index in [-0.39, 0.29) is 5.75 Å². The summed E-state index contributed by atoms with van der Waals surface area (Å²) in [5, 5.41) is 0.504. The van der Waals surface area contributed by atoms with E-state index >= 15 is 0 Å². The van der Waals surface area contributed by atoms with E-state index in [1.807, 2.05) is 0 Å². The quantitative estimate of drug-likeness (QED) is 0.697. The third-order valence-corrected chi connectivity index (χ3v) is 3.58. The van der Waals surface area contributed by atoms with Gasteiger partial charge in [0.15, 0.2) is 0 Å². The minimum absolute atomic E-state index is 0.140. The van der Waals surface area contributed by atoms with Gasteiger partial charge in [-0.05, 0) is 40.8 Å². The van der Waals surface area contributed by atoms with Gasteiger partial charge in [0.1, 0.15) is 5.75 Å². The van der Waals surface area contributed by atoms with Crippen molar-refractivity contribution in [3.05, 3.63) is 27.1 Å². The first-order valence-corrected chi connectivity index (χ1v) is 5.79. The Balaban J connectivity index is 2.51.